The van der Waals surface area contributed by atoms with E-state index in [1.165, 1.54) is 0 Å². The van der Waals surface area contributed by atoms with Gasteiger partial charge in [-0.05, 0) is 18.9 Å². The molecule has 1 aromatic rings. The Kier molecular flexibility index (Phi) is 2.71. The maximum atomic E-state index is 9.55. The maximum Gasteiger partial charge on any atom is 0.0807 e. The molecule has 1 unspecified atom stereocenters. The Labute approximate surface area is 73.0 Å². The van der Waals surface area contributed by atoms with Crippen LogP contribution in [0, 0.1) is 6.92 Å². The van der Waals surface area contributed by atoms with Crippen molar-refractivity contribution in [2.45, 2.75) is 26.4 Å². The summed E-state index contributed by atoms with van der Waals surface area (Å²) < 4.78 is 0. The van der Waals surface area contributed by atoms with Crippen molar-refractivity contribution < 1.29 is 5.11 Å². The molecule has 0 saturated heterocycles. The molecule has 2 nitrogen and oxygen atoms in total. The van der Waals surface area contributed by atoms with Crippen molar-refractivity contribution in [3.63, 3.8) is 0 Å². The molecule has 0 spiro atoms. The van der Waals surface area contributed by atoms with Gasteiger partial charge in [-0.3, -0.25) is 0 Å². The number of aliphatic hydroxyl groups is 1. The Hall–Kier alpha value is -1.02. The first kappa shape index (κ1) is 9.07. The van der Waals surface area contributed by atoms with Gasteiger partial charge in [-0.25, -0.2) is 0 Å². The monoisotopic (exact) mass is 165 g/mol. The molecule has 0 heterocycles. The van der Waals surface area contributed by atoms with Gasteiger partial charge in [0.2, 0.25) is 0 Å². The van der Waals surface area contributed by atoms with Crippen LogP contribution in [0.2, 0.25) is 0 Å². The van der Waals surface area contributed by atoms with Crippen LogP contribution in [-0.4, -0.2) is 5.11 Å². The van der Waals surface area contributed by atoms with E-state index < -0.39 is 6.10 Å². The standard InChI is InChI=1S/C10H15NO/c1-3-9(12)8-6-4-5-7(2)10(8)11/h4-6,9,12H,3,11H2,1-2H3. The van der Waals surface area contributed by atoms with Gasteiger partial charge < -0.3 is 10.8 Å². The quantitative estimate of drug-likeness (QED) is 0.658. The second-order valence-corrected chi connectivity index (χ2v) is 3.00. The van der Waals surface area contributed by atoms with Gasteiger partial charge in [-0.1, -0.05) is 25.1 Å². The van der Waals surface area contributed by atoms with E-state index in [0.29, 0.717) is 12.1 Å². The van der Waals surface area contributed by atoms with Crippen LogP contribution in [0.4, 0.5) is 5.69 Å². The van der Waals surface area contributed by atoms with Gasteiger partial charge in [0.1, 0.15) is 0 Å². The lowest BCUT2D eigenvalue weighted by Gasteiger charge is -2.12. The van der Waals surface area contributed by atoms with Gasteiger partial charge in [0, 0.05) is 11.3 Å². The van der Waals surface area contributed by atoms with Crippen LogP contribution in [0.5, 0.6) is 0 Å². The molecule has 0 bridgehead atoms. The lowest BCUT2D eigenvalue weighted by Crippen LogP contribution is -2.02. The van der Waals surface area contributed by atoms with Gasteiger partial charge in [-0.2, -0.15) is 0 Å². The van der Waals surface area contributed by atoms with Gasteiger partial charge in [-0.15, -0.1) is 0 Å². The van der Waals surface area contributed by atoms with E-state index in [9.17, 15) is 5.11 Å². The van der Waals surface area contributed by atoms with E-state index in [-0.39, 0.29) is 0 Å². The fourth-order valence-corrected chi connectivity index (χ4v) is 1.21. The van der Waals surface area contributed by atoms with E-state index >= 15 is 0 Å². The summed E-state index contributed by atoms with van der Waals surface area (Å²) in [7, 11) is 0. The zero-order valence-corrected chi connectivity index (χ0v) is 7.54. The first-order chi connectivity index (χ1) is 5.66. The Morgan fingerprint density at radius 2 is 2.17 bits per heavy atom. The van der Waals surface area contributed by atoms with E-state index in [2.05, 4.69) is 0 Å². The molecule has 0 radical (unpaired) electrons. The second-order valence-electron chi connectivity index (χ2n) is 3.00. The molecule has 0 aromatic heterocycles. The Balaban J connectivity index is 3.07. The SMILES string of the molecule is CCC(O)c1cccc(C)c1N. The number of nitrogens with two attached hydrogens (primary N) is 1. The molecule has 0 aliphatic rings. The second kappa shape index (κ2) is 3.59. The van der Waals surface area contributed by atoms with Crippen LogP contribution < -0.4 is 5.73 Å². The van der Waals surface area contributed by atoms with Crippen molar-refractivity contribution in [2.24, 2.45) is 0 Å². The first-order valence-corrected chi connectivity index (χ1v) is 4.19. The van der Waals surface area contributed by atoms with Crippen molar-refractivity contribution >= 4 is 5.69 Å². The molecule has 2 heteroatoms. The molecule has 0 fully saturated rings. The molecule has 1 aromatic carbocycles. The van der Waals surface area contributed by atoms with Crippen molar-refractivity contribution in [1.29, 1.82) is 0 Å². The van der Waals surface area contributed by atoms with Crippen LogP contribution in [0.3, 0.4) is 0 Å². The smallest absolute Gasteiger partial charge is 0.0807 e. The van der Waals surface area contributed by atoms with E-state index in [1.807, 2.05) is 32.0 Å². The predicted molar refractivity (Wildman–Crippen MR) is 50.8 cm³/mol. The molecular formula is C10H15NO. The van der Waals surface area contributed by atoms with Crippen molar-refractivity contribution in [3.05, 3.63) is 29.3 Å². The molecule has 0 aliphatic heterocycles. The van der Waals surface area contributed by atoms with Crippen LogP contribution in [0.1, 0.15) is 30.6 Å². The molecule has 12 heavy (non-hydrogen) atoms. The van der Waals surface area contributed by atoms with E-state index in [0.717, 1.165) is 11.1 Å². The fraction of sp³-hybridized carbons (Fsp3) is 0.400. The molecule has 0 saturated carbocycles. The van der Waals surface area contributed by atoms with Crippen LogP contribution in [-0.2, 0) is 0 Å². The van der Waals surface area contributed by atoms with E-state index in [1.54, 1.807) is 0 Å². The largest absolute Gasteiger partial charge is 0.398 e. The molecule has 0 amide bonds. The summed E-state index contributed by atoms with van der Waals surface area (Å²) in [5.74, 6) is 0. The van der Waals surface area contributed by atoms with Gasteiger partial charge in [0.05, 0.1) is 6.10 Å². The Bertz CT molecular complexity index is 271. The summed E-state index contributed by atoms with van der Waals surface area (Å²) >= 11 is 0. The number of aliphatic hydroxyl groups excluding tert-OH is 1. The molecular weight excluding hydrogens is 150 g/mol. The summed E-state index contributed by atoms with van der Waals surface area (Å²) in [4.78, 5) is 0. The highest BCUT2D eigenvalue weighted by atomic mass is 16.3. The minimum Gasteiger partial charge on any atom is -0.398 e. The highest BCUT2D eigenvalue weighted by molar-refractivity contribution is 5.53. The van der Waals surface area contributed by atoms with E-state index in [4.69, 9.17) is 5.73 Å². The number of rotatable bonds is 2. The predicted octanol–water partition coefficient (Wildman–Crippen LogP) is 2.02. The summed E-state index contributed by atoms with van der Waals surface area (Å²) in [6, 6.07) is 5.73. The highest BCUT2D eigenvalue weighted by Crippen LogP contribution is 2.24. The number of aryl methyl sites for hydroxylation is 1. The Morgan fingerprint density at radius 3 is 2.75 bits per heavy atom. The molecule has 66 valence electrons. The fourth-order valence-electron chi connectivity index (χ4n) is 1.21. The summed E-state index contributed by atoms with van der Waals surface area (Å²) in [5.41, 5.74) is 8.39. The number of anilines is 1. The number of para-hydroxylation sites is 1. The van der Waals surface area contributed by atoms with Crippen LogP contribution >= 0.6 is 0 Å². The van der Waals surface area contributed by atoms with Crippen LogP contribution in [0.15, 0.2) is 18.2 Å². The molecule has 3 N–H and O–H groups in total. The number of nitrogen functional groups attached to an aromatic ring is 1. The van der Waals surface area contributed by atoms with Gasteiger partial charge in [0.15, 0.2) is 0 Å². The topological polar surface area (TPSA) is 46.2 Å². The molecule has 0 aliphatic carbocycles. The lowest BCUT2D eigenvalue weighted by molar-refractivity contribution is 0.174. The van der Waals surface area contributed by atoms with Crippen molar-refractivity contribution in [2.75, 3.05) is 5.73 Å². The molecule has 1 atom stereocenters. The third kappa shape index (κ3) is 1.59. The zero-order valence-electron chi connectivity index (χ0n) is 7.54. The third-order valence-electron chi connectivity index (χ3n) is 2.10. The third-order valence-corrected chi connectivity index (χ3v) is 2.10. The summed E-state index contributed by atoms with van der Waals surface area (Å²) in [6.45, 7) is 3.88. The maximum absolute atomic E-state index is 9.55. The average molecular weight is 165 g/mol. The zero-order chi connectivity index (χ0) is 9.14. The number of hydrogen-bond acceptors (Lipinski definition) is 2. The summed E-state index contributed by atoms with van der Waals surface area (Å²) in [6.07, 6.45) is 0.276. The van der Waals surface area contributed by atoms with Gasteiger partial charge in [0.25, 0.3) is 0 Å². The lowest BCUT2D eigenvalue weighted by atomic mass is 10.0. The minimum absolute atomic E-state index is 0.426. The van der Waals surface area contributed by atoms with Crippen molar-refractivity contribution in [1.82, 2.24) is 0 Å². The Morgan fingerprint density at radius 1 is 1.50 bits per heavy atom. The number of hydrogen-bond donors (Lipinski definition) is 2. The highest BCUT2D eigenvalue weighted by Gasteiger charge is 2.08. The van der Waals surface area contributed by atoms with Gasteiger partial charge >= 0.3 is 0 Å². The normalized spacial score (nSPS) is 12.9. The molecule has 1 rings (SSSR count). The van der Waals surface area contributed by atoms with Crippen LogP contribution in [0.25, 0.3) is 0 Å². The van der Waals surface area contributed by atoms with Crippen molar-refractivity contribution in [3.8, 4) is 0 Å². The minimum atomic E-state index is -0.426. The first-order valence-electron chi connectivity index (χ1n) is 4.19. The summed E-state index contributed by atoms with van der Waals surface area (Å²) in [5, 5.41) is 9.55. The average Bonchev–Trinajstić information content (AvgIpc) is 2.08. The number of benzene rings is 1.